The first-order valence-electron chi connectivity index (χ1n) is 8.73. The minimum absolute atomic E-state index is 0.0312. The molecule has 0 bridgehead atoms. The van der Waals surface area contributed by atoms with Crippen LogP contribution in [0.1, 0.15) is 24.2 Å². The fraction of sp³-hybridized carbons (Fsp3) is 0.643. The Hall–Kier alpha value is -1.66. The molecule has 9 nitrogen and oxygen atoms in total. The first-order valence-corrected chi connectivity index (χ1v) is 7.64. The van der Waals surface area contributed by atoms with Crippen LogP contribution in [0.25, 0.3) is 0 Å². The molecule has 140 valence electrons. The van der Waals surface area contributed by atoms with Crippen molar-refractivity contribution in [3.63, 3.8) is 0 Å². The van der Waals surface area contributed by atoms with Crippen LogP contribution in [0.5, 0.6) is 0 Å². The van der Waals surface area contributed by atoms with Gasteiger partial charge in [-0.2, -0.15) is 0 Å². The summed E-state index contributed by atoms with van der Waals surface area (Å²) in [4.78, 5) is 26.1. The summed E-state index contributed by atoms with van der Waals surface area (Å²) in [5.41, 5.74) is 4.45. The number of hydrogen-bond donors (Lipinski definition) is 4. The molecular formula is C14H20FN3O6S. The van der Waals surface area contributed by atoms with Gasteiger partial charge in [-0.05, 0) is 12.0 Å². The van der Waals surface area contributed by atoms with E-state index in [1.807, 2.05) is 0 Å². The van der Waals surface area contributed by atoms with Gasteiger partial charge in [-0.1, -0.05) is 26.1 Å². The highest BCUT2D eigenvalue weighted by atomic mass is 32.1. The van der Waals surface area contributed by atoms with E-state index in [4.69, 9.17) is 22.1 Å². The minimum Gasteiger partial charge on any atom is -0.458 e. The van der Waals surface area contributed by atoms with Gasteiger partial charge in [0.2, 0.25) is 0 Å². The summed E-state index contributed by atoms with van der Waals surface area (Å²) >= 11 is 4.73. The van der Waals surface area contributed by atoms with Crippen LogP contribution in [0.15, 0.2) is 17.1 Å². The highest BCUT2D eigenvalue weighted by molar-refractivity contribution is 7.71. The first-order chi connectivity index (χ1) is 12.7. The lowest BCUT2D eigenvalue weighted by atomic mass is 10.1. The highest BCUT2D eigenvalue weighted by Gasteiger charge is 2.57. The van der Waals surface area contributed by atoms with Gasteiger partial charge in [-0.15, -0.1) is 0 Å². The van der Waals surface area contributed by atoms with Crippen LogP contribution in [0.2, 0.25) is 0 Å². The fourth-order valence-corrected chi connectivity index (χ4v) is 2.08. The molecular weight excluding hydrogens is 357 g/mol. The van der Waals surface area contributed by atoms with Crippen molar-refractivity contribution in [1.29, 1.82) is 0 Å². The number of esters is 1. The van der Waals surface area contributed by atoms with E-state index in [1.54, 1.807) is 0 Å². The maximum Gasteiger partial charge on any atom is 0.328 e. The number of aromatic amines is 1. The zero-order valence-electron chi connectivity index (χ0n) is 16.3. The number of rotatable bonds is 5. The Kier molecular flexibility index (Phi) is 4.55. The second-order valence-electron chi connectivity index (χ2n) is 5.75. The summed E-state index contributed by atoms with van der Waals surface area (Å²) in [7, 11) is 0. The van der Waals surface area contributed by atoms with Crippen molar-refractivity contribution in [2.75, 3.05) is 6.56 Å². The van der Waals surface area contributed by atoms with Crippen molar-refractivity contribution in [2.45, 2.75) is 44.2 Å². The summed E-state index contributed by atoms with van der Waals surface area (Å²) in [5, 5.41) is 20.2. The lowest BCUT2D eigenvalue weighted by Crippen LogP contribution is -2.46. The second kappa shape index (κ2) is 7.30. The molecule has 1 aliphatic heterocycles. The van der Waals surface area contributed by atoms with Gasteiger partial charge in [0.25, 0.3) is 5.85 Å². The molecule has 5 N–H and O–H groups in total. The van der Waals surface area contributed by atoms with Gasteiger partial charge in [-0.3, -0.25) is 14.3 Å². The number of halogens is 1. The number of aliphatic hydroxyl groups is 2. The lowest BCUT2D eigenvalue weighted by molar-refractivity contribution is -0.217. The Balaban J connectivity index is 2.44. The molecule has 2 heterocycles. The predicted octanol–water partition coefficient (Wildman–Crippen LogP) is -0.651. The molecule has 1 fully saturated rings. The van der Waals surface area contributed by atoms with Gasteiger partial charge in [0.05, 0.1) is 4.11 Å². The summed E-state index contributed by atoms with van der Waals surface area (Å²) in [5.74, 6) is -5.70. The van der Waals surface area contributed by atoms with Crippen molar-refractivity contribution in [3.05, 3.63) is 27.4 Å². The lowest BCUT2D eigenvalue weighted by Gasteiger charge is -2.24. The predicted molar refractivity (Wildman–Crippen MR) is 85.6 cm³/mol. The molecule has 1 aromatic heterocycles. The molecule has 5 atom stereocenters. The van der Waals surface area contributed by atoms with E-state index >= 15 is 4.39 Å². The van der Waals surface area contributed by atoms with Crippen LogP contribution in [0.3, 0.4) is 0 Å². The maximum absolute atomic E-state index is 15.4. The molecule has 25 heavy (non-hydrogen) atoms. The summed E-state index contributed by atoms with van der Waals surface area (Å²) < 4.78 is 48.4. The Morgan fingerprint density at radius 3 is 2.92 bits per heavy atom. The molecule has 11 heteroatoms. The number of nitrogens with zero attached hydrogens (tertiary/aromatic N) is 1. The molecule has 0 saturated carbocycles. The zero-order valence-corrected chi connectivity index (χ0v) is 14.1. The van der Waals surface area contributed by atoms with Gasteiger partial charge in [0.15, 0.2) is 12.8 Å². The molecule has 0 unspecified atom stereocenters. The van der Waals surface area contributed by atoms with E-state index < -0.39 is 54.4 Å². The number of nitrogens with one attached hydrogen (secondary N) is 1. The first kappa shape index (κ1) is 15.6. The van der Waals surface area contributed by atoms with E-state index in [1.165, 1.54) is 13.8 Å². The number of H-pyrrole nitrogens is 1. The summed E-state index contributed by atoms with van der Waals surface area (Å²) in [6, 6.07) is -0.177. The van der Waals surface area contributed by atoms with E-state index in [0.29, 0.717) is 4.57 Å². The van der Waals surface area contributed by atoms with Crippen LogP contribution in [0.4, 0.5) is 4.39 Å². The van der Waals surface area contributed by atoms with Crippen LogP contribution in [-0.4, -0.2) is 56.4 Å². The van der Waals surface area contributed by atoms with Crippen LogP contribution < -0.4 is 11.4 Å². The average Bonchev–Trinajstić information content (AvgIpc) is 2.75. The average molecular weight is 380 g/mol. The van der Waals surface area contributed by atoms with Crippen molar-refractivity contribution in [3.8, 4) is 0 Å². The Labute approximate surface area is 151 Å². The number of carbonyl (C=O) groups excluding carboxylic acids is 1. The number of aromatic nitrogens is 2. The number of hydrogen-bond acceptors (Lipinski definition) is 8. The summed E-state index contributed by atoms with van der Waals surface area (Å²) in [6.07, 6.45) is -7.23. The number of alkyl halides is 1. The third-order valence-corrected chi connectivity index (χ3v) is 3.77. The molecule has 0 spiro atoms. The van der Waals surface area contributed by atoms with Crippen LogP contribution in [-0.2, 0) is 14.3 Å². The number of ether oxygens (including phenoxy) is 2. The normalized spacial score (nSPS) is 35.7. The van der Waals surface area contributed by atoms with Crippen LogP contribution in [0, 0.1) is 10.6 Å². The van der Waals surface area contributed by atoms with E-state index in [2.05, 4.69) is 14.5 Å². The van der Waals surface area contributed by atoms with E-state index in [0.717, 1.165) is 12.3 Å². The third kappa shape index (κ3) is 3.96. The number of carbonyl (C=O) groups is 1. The van der Waals surface area contributed by atoms with Gasteiger partial charge in [0.1, 0.15) is 22.9 Å². The van der Waals surface area contributed by atoms with E-state index in [-0.39, 0.29) is 4.64 Å². The minimum atomic E-state index is -3.90. The monoisotopic (exact) mass is 380 g/mol. The van der Waals surface area contributed by atoms with Crippen molar-refractivity contribution < 1.29 is 33.0 Å². The SMILES string of the molecule is [2H]C([2H])(OC(=O)[C@@H](N)C(C)C)[C@@]1(F)O[C@@]([2H])(n2ccc(=S)[nH]c2=O)[C@H](O)[C@@H]1O. The second-order valence-corrected chi connectivity index (χ2v) is 6.19. The quantitative estimate of drug-likeness (QED) is 0.390. The molecule has 2 rings (SSSR count). The van der Waals surface area contributed by atoms with Gasteiger partial charge >= 0.3 is 11.7 Å². The molecule has 1 aromatic rings. The Morgan fingerprint density at radius 2 is 2.36 bits per heavy atom. The highest BCUT2D eigenvalue weighted by Crippen LogP contribution is 2.38. The van der Waals surface area contributed by atoms with Crippen LogP contribution >= 0.6 is 12.2 Å². The maximum atomic E-state index is 15.4. The smallest absolute Gasteiger partial charge is 0.328 e. The van der Waals surface area contributed by atoms with Crippen molar-refractivity contribution in [2.24, 2.45) is 11.7 Å². The van der Waals surface area contributed by atoms with Gasteiger partial charge in [-0.25, -0.2) is 9.18 Å². The summed E-state index contributed by atoms with van der Waals surface area (Å²) in [6.45, 7) is -0.582. The Morgan fingerprint density at radius 1 is 1.72 bits per heavy atom. The largest absolute Gasteiger partial charge is 0.458 e. The van der Waals surface area contributed by atoms with Crippen molar-refractivity contribution >= 4 is 18.2 Å². The molecule has 0 radical (unpaired) electrons. The zero-order chi connectivity index (χ0) is 21.7. The van der Waals surface area contributed by atoms with Gasteiger partial charge < -0.3 is 25.4 Å². The Bertz CT molecular complexity index is 882. The molecule has 1 aliphatic rings. The fourth-order valence-electron chi connectivity index (χ4n) is 1.93. The third-order valence-electron chi connectivity index (χ3n) is 3.53. The molecule has 1 saturated heterocycles. The molecule has 0 amide bonds. The topological polar surface area (TPSA) is 140 Å². The molecule has 0 aliphatic carbocycles. The van der Waals surface area contributed by atoms with Crippen molar-refractivity contribution in [1.82, 2.24) is 9.55 Å². The standard InChI is InChI=1S/C14H20FN3O6S/c1-6(2)8(16)12(21)23-5-14(15)10(20)9(19)11(24-14)18-4-3-7(25)17-13(18)22/h3-4,6,8-11,19-20H,5,16H2,1-2H3,(H,17,22,25)/t8-,9+,10-,11+,14+/m0/s1/i5D2,11D. The van der Waals surface area contributed by atoms with Gasteiger partial charge in [0, 0.05) is 6.20 Å². The number of nitrogens with two attached hydrogens (primary N) is 1. The van der Waals surface area contributed by atoms with E-state index in [9.17, 15) is 19.8 Å². The molecule has 0 aromatic carbocycles. The number of aliphatic hydroxyl groups excluding tert-OH is 2.